The zero-order chi connectivity index (χ0) is 8.85. The van der Waals surface area contributed by atoms with E-state index in [0.29, 0.717) is 5.57 Å². The molecule has 0 fully saturated rings. The predicted molar refractivity (Wildman–Crippen MR) is 45.3 cm³/mol. The Balaban J connectivity index is 3.88. The van der Waals surface area contributed by atoms with Crippen molar-refractivity contribution in [2.75, 3.05) is 0 Å². The second kappa shape index (κ2) is 4.94. The molecule has 0 bridgehead atoms. The van der Waals surface area contributed by atoms with E-state index in [1.807, 2.05) is 20.8 Å². The van der Waals surface area contributed by atoms with E-state index >= 15 is 0 Å². The van der Waals surface area contributed by atoms with Crippen LogP contribution in [-0.4, -0.2) is 12.1 Å². The Morgan fingerprint density at radius 2 is 2.18 bits per heavy atom. The normalized spacial score (nSPS) is 14.4. The van der Waals surface area contributed by atoms with E-state index in [-0.39, 0.29) is 12.1 Å². The minimum Gasteiger partial charge on any atom is -0.459 e. The first-order chi connectivity index (χ1) is 5.11. The molecule has 0 spiro atoms. The van der Waals surface area contributed by atoms with Gasteiger partial charge in [-0.05, 0) is 27.2 Å². The quantitative estimate of drug-likeness (QED) is 0.463. The van der Waals surface area contributed by atoms with E-state index in [9.17, 15) is 4.79 Å². The van der Waals surface area contributed by atoms with Gasteiger partial charge in [0.25, 0.3) is 0 Å². The highest BCUT2D eigenvalue weighted by molar-refractivity contribution is 5.87. The fourth-order valence-corrected chi connectivity index (χ4v) is 0.477. The minimum absolute atomic E-state index is 0.0254. The molecule has 64 valence electrons. The van der Waals surface area contributed by atoms with Gasteiger partial charge in [0.2, 0.25) is 0 Å². The molecular formula is C9H16O2. The number of carbonyl (C=O) groups excluding carboxylic acids is 1. The van der Waals surface area contributed by atoms with Crippen molar-refractivity contribution in [2.45, 2.75) is 40.2 Å². The van der Waals surface area contributed by atoms with Gasteiger partial charge >= 0.3 is 5.97 Å². The van der Waals surface area contributed by atoms with Gasteiger partial charge in [-0.3, -0.25) is 0 Å². The Morgan fingerprint density at radius 1 is 1.64 bits per heavy atom. The van der Waals surface area contributed by atoms with Gasteiger partial charge in [0, 0.05) is 5.57 Å². The van der Waals surface area contributed by atoms with E-state index in [1.165, 1.54) is 0 Å². The van der Waals surface area contributed by atoms with Crippen LogP contribution in [0.3, 0.4) is 0 Å². The average Bonchev–Trinajstić information content (AvgIpc) is 2.02. The summed E-state index contributed by atoms with van der Waals surface area (Å²) in [5, 5.41) is 0. The highest BCUT2D eigenvalue weighted by Crippen LogP contribution is 2.02. The molecule has 0 aromatic heterocycles. The molecule has 0 N–H and O–H groups in total. The Hall–Kier alpha value is -0.790. The number of allylic oxidation sites excluding steroid dienone is 1. The molecule has 1 atom stereocenters. The molecular weight excluding hydrogens is 140 g/mol. The molecule has 11 heavy (non-hydrogen) atoms. The lowest BCUT2D eigenvalue weighted by atomic mass is 10.3. The third kappa shape index (κ3) is 3.81. The topological polar surface area (TPSA) is 26.3 Å². The van der Waals surface area contributed by atoms with E-state index in [4.69, 9.17) is 4.74 Å². The molecule has 2 heteroatoms. The Morgan fingerprint density at radius 3 is 2.55 bits per heavy atom. The Bertz CT molecular complexity index is 159. The SMILES string of the molecule is C/C=C(\C)C(=O)O[C@H](C)CC. The summed E-state index contributed by atoms with van der Waals surface area (Å²) in [5.41, 5.74) is 0.672. The first-order valence-corrected chi connectivity index (χ1v) is 3.95. The highest BCUT2D eigenvalue weighted by Gasteiger charge is 2.07. The van der Waals surface area contributed by atoms with Crippen LogP contribution in [0, 0.1) is 0 Å². The molecule has 0 aliphatic rings. The Labute approximate surface area is 68.2 Å². The van der Waals surface area contributed by atoms with Crippen molar-refractivity contribution in [3.05, 3.63) is 11.6 Å². The van der Waals surface area contributed by atoms with Gasteiger partial charge in [-0.1, -0.05) is 13.0 Å². The van der Waals surface area contributed by atoms with Gasteiger partial charge in [-0.2, -0.15) is 0 Å². The summed E-state index contributed by atoms with van der Waals surface area (Å²) in [6, 6.07) is 0. The number of hydrogen-bond donors (Lipinski definition) is 0. The standard InChI is InChI=1S/C9H16O2/c1-5-7(3)9(10)11-8(4)6-2/h5,8H,6H2,1-4H3/b7-5+/t8-/m1/s1. The number of ether oxygens (including phenoxy) is 1. The zero-order valence-corrected chi connectivity index (χ0v) is 7.68. The monoisotopic (exact) mass is 156 g/mol. The highest BCUT2D eigenvalue weighted by atomic mass is 16.5. The molecule has 2 nitrogen and oxygen atoms in total. The molecule has 0 aliphatic heterocycles. The van der Waals surface area contributed by atoms with Crippen molar-refractivity contribution in [1.29, 1.82) is 0 Å². The third-order valence-corrected chi connectivity index (χ3v) is 1.64. The van der Waals surface area contributed by atoms with Crippen LogP contribution in [0.15, 0.2) is 11.6 Å². The van der Waals surface area contributed by atoms with Crippen molar-refractivity contribution in [3.63, 3.8) is 0 Å². The van der Waals surface area contributed by atoms with E-state index in [2.05, 4.69) is 0 Å². The van der Waals surface area contributed by atoms with Gasteiger partial charge in [-0.15, -0.1) is 0 Å². The lowest BCUT2D eigenvalue weighted by molar-refractivity contribution is -0.143. The van der Waals surface area contributed by atoms with Crippen LogP contribution in [-0.2, 0) is 9.53 Å². The molecule has 0 rings (SSSR count). The maximum absolute atomic E-state index is 11.1. The summed E-state index contributed by atoms with van der Waals surface area (Å²) in [4.78, 5) is 11.1. The molecule has 0 aromatic carbocycles. The van der Waals surface area contributed by atoms with E-state index in [1.54, 1.807) is 13.0 Å². The number of hydrogen-bond acceptors (Lipinski definition) is 2. The van der Waals surface area contributed by atoms with E-state index in [0.717, 1.165) is 6.42 Å². The predicted octanol–water partition coefficient (Wildman–Crippen LogP) is 2.29. The summed E-state index contributed by atoms with van der Waals surface area (Å²) >= 11 is 0. The molecule has 0 unspecified atom stereocenters. The van der Waals surface area contributed by atoms with Crippen molar-refractivity contribution in [2.24, 2.45) is 0 Å². The molecule has 0 radical (unpaired) electrons. The van der Waals surface area contributed by atoms with Gasteiger partial charge in [0.05, 0.1) is 6.10 Å². The van der Waals surface area contributed by atoms with Crippen molar-refractivity contribution in [1.82, 2.24) is 0 Å². The van der Waals surface area contributed by atoms with Crippen LogP contribution in [0.2, 0.25) is 0 Å². The molecule has 0 saturated carbocycles. The fraction of sp³-hybridized carbons (Fsp3) is 0.667. The fourth-order valence-electron chi connectivity index (χ4n) is 0.477. The number of carbonyl (C=O) groups is 1. The number of esters is 1. The van der Waals surface area contributed by atoms with E-state index < -0.39 is 0 Å². The van der Waals surface area contributed by atoms with Crippen LogP contribution in [0.1, 0.15) is 34.1 Å². The molecule has 0 heterocycles. The lowest BCUT2D eigenvalue weighted by Crippen LogP contribution is -2.14. The van der Waals surface area contributed by atoms with Crippen molar-refractivity contribution >= 4 is 5.97 Å². The first kappa shape index (κ1) is 10.2. The minimum atomic E-state index is -0.207. The van der Waals surface area contributed by atoms with Gasteiger partial charge in [0.15, 0.2) is 0 Å². The maximum Gasteiger partial charge on any atom is 0.333 e. The summed E-state index contributed by atoms with van der Waals surface area (Å²) in [7, 11) is 0. The number of rotatable bonds is 3. The Kier molecular flexibility index (Phi) is 4.59. The van der Waals surface area contributed by atoms with Crippen molar-refractivity contribution in [3.8, 4) is 0 Å². The van der Waals surface area contributed by atoms with Crippen LogP contribution < -0.4 is 0 Å². The van der Waals surface area contributed by atoms with Gasteiger partial charge in [0.1, 0.15) is 0 Å². The smallest absolute Gasteiger partial charge is 0.333 e. The lowest BCUT2D eigenvalue weighted by Gasteiger charge is -2.10. The molecule has 0 aromatic rings. The van der Waals surface area contributed by atoms with Crippen LogP contribution in [0.5, 0.6) is 0 Å². The van der Waals surface area contributed by atoms with Crippen LogP contribution in [0.4, 0.5) is 0 Å². The second-order valence-electron chi connectivity index (χ2n) is 2.60. The van der Waals surface area contributed by atoms with Gasteiger partial charge < -0.3 is 4.74 Å². The molecule has 0 aliphatic carbocycles. The molecule has 0 amide bonds. The maximum atomic E-state index is 11.1. The summed E-state index contributed by atoms with van der Waals surface area (Å²) < 4.78 is 5.04. The molecule has 0 saturated heterocycles. The largest absolute Gasteiger partial charge is 0.459 e. The summed E-state index contributed by atoms with van der Waals surface area (Å²) in [5.74, 6) is -0.207. The van der Waals surface area contributed by atoms with Crippen LogP contribution >= 0.6 is 0 Å². The van der Waals surface area contributed by atoms with Crippen LogP contribution in [0.25, 0.3) is 0 Å². The average molecular weight is 156 g/mol. The first-order valence-electron chi connectivity index (χ1n) is 3.95. The second-order valence-corrected chi connectivity index (χ2v) is 2.60. The van der Waals surface area contributed by atoms with Gasteiger partial charge in [-0.25, -0.2) is 4.79 Å². The van der Waals surface area contributed by atoms with Crippen molar-refractivity contribution < 1.29 is 9.53 Å². The summed E-state index contributed by atoms with van der Waals surface area (Å²) in [6.07, 6.45) is 2.64. The third-order valence-electron chi connectivity index (χ3n) is 1.64. The summed E-state index contributed by atoms with van der Waals surface area (Å²) in [6.45, 7) is 7.46. The zero-order valence-electron chi connectivity index (χ0n) is 7.68.